The van der Waals surface area contributed by atoms with E-state index < -0.39 is 0 Å². The topological polar surface area (TPSA) is 92.0 Å². The highest BCUT2D eigenvalue weighted by Gasteiger charge is 2.17. The maximum absolute atomic E-state index is 5.94. The van der Waals surface area contributed by atoms with Gasteiger partial charge in [0.05, 0.1) is 6.54 Å². The number of furan rings is 1. The van der Waals surface area contributed by atoms with Crippen molar-refractivity contribution in [2.45, 2.75) is 29.6 Å². The first-order valence-electron chi connectivity index (χ1n) is 11.0. The van der Waals surface area contributed by atoms with Crippen molar-refractivity contribution in [3.05, 3.63) is 72.8 Å². The van der Waals surface area contributed by atoms with Crippen LogP contribution in [0, 0.1) is 0 Å². The van der Waals surface area contributed by atoms with Gasteiger partial charge in [0.15, 0.2) is 10.3 Å². The molecule has 4 aromatic rings. The molecule has 1 fully saturated rings. The predicted molar refractivity (Wildman–Crippen MR) is 137 cm³/mol. The Morgan fingerprint density at radius 1 is 1.00 bits per heavy atom. The number of hydrogen-bond donors (Lipinski definition) is 2. The fourth-order valence-electron chi connectivity index (χ4n) is 3.60. The lowest BCUT2D eigenvalue weighted by atomic mass is 10.2. The third-order valence-corrected chi connectivity index (χ3v) is 6.28. The van der Waals surface area contributed by atoms with Gasteiger partial charge in [0.2, 0.25) is 5.95 Å². The molecule has 0 atom stereocenters. The van der Waals surface area contributed by atoms with Crippen LogP contribution in [0.1, 0.15) is 18.6 Å². The van der Waals surface area contributed by atoms with Gasteiger partial charge in [-0.1, -0.05) is 30.3 Å². The van der Waals surface area contributed by atoms with Crippen LogP contribution in [-0.4, -0.2) is 38.1 Å². The molecule has 4 heterocycles. The second-order valence-corrected chi connectivity index (χ2v) is 9.05. The molecule has 34 heavy (non-hydrogen) atoms. The molecular weight excluding hydrogens is 466 g/mol. The Kier molecular flexibility index (Phi) is 6.97. The molecule has 0 saturated carbocycles. The van der Waals surface area contributed by atoms with Gasteiger partial charge in [-0.15, -0.1) is 0 Å². The summed E-state index contributed by atoms with van der Waals surface area (Å²) < 4.78 is 5.94. The van der Waals surface area contributed by atoms with Crippen molar-refractivity contribution in [2.75, 3.05) is 23.3 Å². The molecule has 1 aromatic carbocycles. The van der Waals surface area contributed by atoms with E-state index in [1.807, 2.05) is 48.5 Å². The zero-order chi connectivity index (χ0) is 23.2. The summed E-state index contributed by atoms with van der Waals surface area (Å²) in [6.07, 6.45) is 5.75. The minimum Gasteiger partial charge on any atom is -0.459 e. The summed E-state index contributed by atoms with van der Waals surface area (Å²) in [5.41, 5.74) is 1.04. The van der Waals surface area contributed by atoms with E-state index in [0.29, 0.717) is 22.8 Å². The van der Waals surface area contributed by atoms with Crippen LogP contribution in [0.25, 0.3) is 11.3 Å². The van der Waals surface area contributed by atoms with E-state index in [1.165, 1.54) is 11.8 Å². The van der Waals surface area contributed by atoms with E-state index in [4.69, 9.17) is 21.6 Å². The van der Waals surface area contributed by atoms with Crippen LogP contribution in [0.4, 0.5) is 11.8 Å². The van der Waals surface area contributed by atoms with Crippen LogP contribution in [0.2, 0.25) is 0 Å². The van der Waals surface area contributed by atoms with Crippen molar-refractivity contribution in [1.29, 1.82) is 0 Å². The number of thiocarbonyl (C=S) groups is 1. The Labute approximate surface area is 207 Å². The van der Waals surface area contributed by atoms with E-state index in [-0.39, 0.29) is 0 Å². The molecule has 1 aliphatic heterocycles. The molecule has 0 spiro atoms. The summed E-state index contributed by atoms with van der Waals surface area (Å²) in [7, 11) is 0. The fourth-order valence-corrected chi connectivity index (χ4v) is 4.48. The molecular formula is C24H23N7OS2. The van der Waals surface area contributed by atoms with Crippen LogP contribution in [0.15, 0.2) is 81.6 Å². The molecule has 1 aliphatic rings. The molecule has 10 heteroatoms. The number of nitrogens with one attached hydrogen (secondary N) is 2. The smallest absolute Gasteiger partial charge is 0.232 e. The zero-order valence-corrected chi connectivity index (χ0v) is 20.0. The van der Waals surface area contributed by atoms with Crippen molar-refractivity contribution in [1.82, 2.24) is 25.3 Å². The van der Waals surface area contributed by atoms with Gasteiger partial charge in [-0.05, 0) is 55.0 Å². The number of hydrogen-bond acceptors (Lipinski definition) is 8. The second-order valence-electron chi connectivity index (χ2n) is 7.66. The molecule has 172 valence electrons. The summed E-state index contributed by atoms with van der Waals surface area (Å²) >= 11 is 6.89. The van der Waals surface area contributed by atoms with E-state index in [1.54, 1.807) is 18.5 Å². The Morgan fingerprint density at radius 2 is 1.79 bits per heavy atom. The molecule has 8 nitrogen and oxygen atoms in total. The van der Waals surface area contributed by atoms with Crippen molar-refractivity contribution in [3.63, 3.8) is 0 Å². The summed E-state index contributed by atoms with van der Waals surface area (Å²) in [4.78, 5) is 20.1. The number of rotatable bonds is 7. The fraction of sp³-hybridized carbons (Fsp3) is 0.208. The van der Waals surface area contributed by atoms with Gasteiger partial charge in [-0.2, -0.15) is 4.98 Å². The Morgan fingerprint density at radius 3 is 2.59 bits per heavy atom. The van der Waals surface area contributed by atoms with Gasteiger partial charge in [-0.3, -0.25) is 0 Å². The van der Waals surface area contributed by atoms with Gasteiger partial charge in [-0.25, -0.2) is 15.0 Å². The Bertz CT molecular complexity index is 1240. The van der Waals surface area contributed by atoms with Crippen LogP contribution in [0.5, 0.6) is 0 Å². The lowest BCUT2D eigenvalue weighted by Crippen LogP contribution is -2.29. The summed E-state index contributed by atoms with van der Waals surface area (Å²) in [6.45, 7) is 2.41. The van der Waals surface area contributed by atoms with Crippen LogP contribution in [0.3, 0.4) is 0 Å². The standard InChI is InChI=1S/C24H23N7OS2/c33-23(27-16-18-9-10-19(32-18)17-7-2-1-3-8-17)30-22-28-20(31-13-4-5-14-31)15-21(29-22)34-24-25-11-6-12-26-24/h1-3,6-12,15H,4-5,13-14,16H2,(H2,27,28,29,30,33). The van der Waals surface area contributed by atoms with E-state index in [9.17, 15) is 0 Å². The third-order valence-electron chi connectivity index (χ3n) is 5.23. The van der Waals surface area contributed by atoms with Crippen LogP contribution in [-0.2, 0) is 6.54 Å². The molecule has 0 aliphatic carbocycles. The lowest BCUT2D eigenvalue weighted by molar-refractivity contribution is 0.516. The summed E-state index contributed by atoms with van der Waals surface area (Å²) in [5.74, 6) is 2.91. The van der Waals surface area contributed by atoms with Crippen LogP contribution < -0.4 is 15.5 Å². The van der Waals surface area contributed by atoms with E-state index in [2.05, 4.69) is 30.5 Å². The van der Waals surface area contributed by atoms with Gasteiger partial charge in [0, 0.05) is 37.1 Å². The van der Waals surface area contributed by atoms with E-state index >= 15 is 0 Å². The first-order valence-corrected chi connectivity index (χ1v) is 12.2. The van der Waals surface area contributed by atoms with Gasteiger partial charge >= 0.3 is 0 Å². The number of nitrogens with zero attached hydrogens (tertiary/aromatic N) is 5. The lowest BCUT2D eigenvalue weighted by Gasteiger charge is -2.18. The average Bonchev–Trinajstić information content (AvgIpc) is 3.57. The molecule has 0 radical (unpaired) electrons. The minimum atomic E-state index is 0.420. The first-order chi connectivity index (χ1) is 16.7. The number of aromatic nitrogens is 4. The SMILES string of the molecule is S=C(NCc1ccc(-c2ccccc2)o1)Nc1nc(Sc2ncccn2)cc(N2CCCC2)n1. The molecule has 0 amide bonds. The van der Waals surface area contributed by atoms with E-state index in [0.717, 1.165) is 53.9 Å². The molecule has 5 rings (SSSR count). The molecule has 3 aromatic heterocycles. The largest absolute Gasteiger partial charge is 0.459 e. The maximum atomic E-state index is 5.94. The Hall–Kier alpha value is -3.50. The number of anilines is 2. The maximum Gasteiger partial charge on any atom is 0.232 e. The molecule has 2 N–H and O–H groups in total. The van der Waals surface area contributed by atoms with Crippen molar-refractivity contribution in [3.8, 4) is 11.3 Å². The van der Waals surface area contributed by atoms with Crippen molar-refractivity contribution < 1.29 is 4.42 Å². The Balaban J connectivity index is 1.26. The summed E-state index contributed by atoms with van der Waals surface area (Å²) in [6, 6.07) is 17.7. The average molecular weight is 490 g/mol. The van der Waals surface area contributed by atoms with Gasteiger partial charge in [0.25, 0.3) is 0 Å². The molecule has 0 bridgehead atoms. The normalized spacial score (nSPS) is 13.1. The van der Waals surface area contributed by atoms with Crippen molar-refractivity contribution in [2.24, 2.45) is 0 Å². The number of benzene rings is 1. The minimum absolute atomic E-state index is 0.420. The first kappa shape index (κ1) is 22.3. The predicted octanol–water partition coefficient (Wildman–Crippen LogP) is 4.76. The van der Waals surface area contributed by atoms with Gasteiger partial charge < -0.3 is 20.0 Å². The second kappa shape index (κ2) is 10.6. The highest BCUT2D eigenvalue weighted by atomic mass is 32.2. The highest BCUT2D eigenvalue weighted by Crippen LogP contribution is 2.28. The highest BCUT2D eigenvalue weighted by molar-refractivity contribution is 7.99. The van der Waals surface area contributed by atoms with Crippen molar-refractivity contribution >= 4 is 40.9 Å². The monoisotopic (exact) mass is 489 g/mol. The molecule has 0 unspecified atom stereocenters. The zero-order valence-electron chi connectivity index (χ0n) is 18.3. The molecule has 1 saturated heterocycles. The van der Waals surface area contributed by atoms with Crippen LogP contribution >= 0.6 is 24.0 Å². The quantitative estimate of drug-likeness (QED) is 0.215. The van der Waals surface area contributed by atoms with Gasteiger partial charge in [0.1, 0.15) is 22.4 Å². The third kappa shape index (κ3) is 5.70. The summed E-state index contributed by atoms with van der Waals surface area (Å²) in [5, 5.41) is 8.10.